The Bertz CT molecular complexity index is 1110. The fourth-order valence-corrected chi connectivity index (χ4v) is 4.21. The molecule has 0 unspecified atom stereocenters. The second-order valence-corrected chi connectivity index (χ2v) is 8.49. The van der Waals surface area contributed by atoms with Crippen LogP contribution in [0.4, 0.5) is 0 Å². The van der Waals surface area contributed by atoms with Crippen molar-refractivity contribution in [1.29, 1.82) is 0 Å². The quantitative estimate of drug-likeness (QED) is 0.624. The molecule has 8 heteroatoms. The highest BCUT2D eigenvalue weighted by molar-refractivity contribution is 7.84. The summed E-state index contributed by atoms with van der Waals surface area (Å²) in [5, 5.41) is 2.79. The van der Waals surface area contributed by atoms with Crippen LogP contribution >= 0.6 is 0 Å². The Kier molecular flexibility index (Phi) is 5.85. The van der Waals surface area contributed by atoms with Crippen LogP contribution in [0.15, 0.2) is 46.9 Å². The Morgan fingerprint density at radius 1 is 1.13 bits per heavy atom. The van der Waals surface area contributed by atoms with E-state index in [1.165, 1.54) is 0 Å². The fraction of sp³-hybridized carbons (Fsp3) is 0.273. The number of fused-ring (bicyclic) bond motifs is 1. The Labute approximate surface area is 176 Å². The Morgan fingerprint density at radius 2 is 1.93 bits per heavy atom. The lowest BCUT2D eigenvalue weighted by Gasteiger charge is -2.06. The smallest absolute Gasteiger partial charge is 0.232 e. The molecule has 0 saturated heterocycles. The summed E-state index contributed by atoms with van der Waals surface area (Å²) in [6, 6.07) is 13.3. The van der Waals surface area contributed by atoms with E-state index in [2.05, 4.69) is 10.3 Å². The number of amides is 1. The van der Waals surface area contributed by atoms with E-state index >= 15 is 0 Å². The average Bonchev–Trinajstić information content (AvgIpc) is 3.33. The van der Waals surface area contributed by atoms with E-state index in [1.807, 2.05) is 43.3 Å². The number of carbonyl (C=O) groups is 1. The SMILES string of the molecule is Cc1ccccc1-c1nc(C[S@@](=O)CC(=O)NCc2ccc3c(c2)OCO3)c(C)o1. The molecule has 1 N–H and O–H groups in total. The zero-order chi connectivity index (χ0) is 21.1. The van der Waals surface area contributed by atoms with Crippen molar-refractivity contribution in [3.05, 3.63) is 65.0 Å². The van der Waals surface area contributed by atoms with Crippen LogP contribution < -0.4 is 14.8 Å². The molecule has 0 aliphatic carbocycles. The Morgan fingerprint density at radius 3 is 2.77 bits per heavy atom. The van der Waals surface area contributed by atoms with Gasteiger partial charge in [-0.2, -0.15) is 0 Å². The normalized spacial score (nSPS) is 13.3. The summed E-state index contributed by atoms with van der Waals surface area (Å²) < 4.78 is 28.8. The lowest BCUT2D eigenvalue weighted by molar-refractivity contribution is -0.118. The lowest BCUT2D eigenvalue weighted by Crippen LogP contribution is -2.28. The van der Waals surface area contributed by atoms with Gasteiger partial charge in [-0.25, -0.2) is 4.98 Å². The fourth-order valence-electron chi connectivity index (χ4n) is 3.14. The number of rotatable bonds is 7. The first-order chi connectivity index (χ1) is 14.5. The van der Waals surface area contributed by atoms with Gasteiger partial charge in [0.15, 0.2) is 11.5 Å². The van der Waals surface area contributed by atoms with E-state index < -0.39 is 10.8 Å². The summed E-state index contributed by atoms with van der Waals surface area (Å²) in [6.45, 7) is 4.31. The van der Waals surface area contributed by atoms with Gasteiger partial charge in [-0.15, -0.1) is 0 Å². The monoisotopic (exact) mass is 426 g/mol. The third-order valence-electron chi connectivity index (χ3n) is 4.78. The van der Waals surface area contributed by atoms with Gasteiger partial charge in [0.1, 0.15) is 11.5 Å². The van der Waals surface area contributed by atoms with Crippen molar-refractivity contribution in [2.24, 2.45) is 0 Å². The largest absolute Gasteiger partial charge is 0.454 e. The third-order valence-corrected chi connectivity index (χ3v) is 5.96. The Hall–Kier alpha value is -3.13. The standard InChI is InChI=1S/C22H22N2O5S/c1-14-5-3-4-6-17(14)22-24-18(15(2)29-22)11-30(26)12-21(25)23-10-16-7-8-19-20(9-16)28-13-27-19/h3-9H,10-13H2,1-2H3,(H,23,25)/t30-/m1/s1. The van der Waals surface area contributed by atoms with Gasteiger partial charge in [0.2, 0.25) is 18.6 Å². The molecule has 156 valence electrons. The number of ether oxygens (including phenoxy) is 2. The highest BCUT2D eigenvalue weighted by Gasteiger charge is 2.17. The molecule has 1 aliphatic rings. The molecule has 1 aliphatic heterocycles. The van der Waals surface area contributed by atoms with E-state index in [0.717, 1.165) is 16.7 Å². The van der Waals surface area contributed by atoms with Gasteiger partial charge in [-0.1, -0.05) is 24.3 Å². The molecule has 1 amide bonds. The number of carbonyl (C=O) groups excluding carboxylic acids is 1. The number of hydrogen-bond acceptors (Lipinski definition) is 6. The third kappa shape index (κ3) is 4.54. The van der Waals surface area contributed by atoms with Crippen molar-refractivity contribution in [1.82, 2.24) is 10.3 Å². The van der Waals surface area contributed by atoms with Crippen LogP contribution in [-0.4, -0.2) is 27.6 Å². The van der Waals surface area contributed by atoms with Crippen molar-refractivity contribution in [2.45, 2.75) is 26.1 Å². The molecule has 2 aromatic carbocycles. The van der Waals surface area contributed by atoms with Crippen LogP contribution in [0, 0.1) is 13.8 Å². The molecule has 30 heavy (non-hydrogen) atoms. The molecule has 4 rings (SSSR count). The predicted molar refractivity (Wildman–Crippen MR) is 113 cm³/mol. The van der Waals surface area contributed by atoms with E-state index in [9.17, 15) is 9.00 Å². The molecule has 1 atom stereocenters. The van der Waals surface area contributed by atoms with Gasteiger partial charge in [0.25, 0.3) is 0 Å². The maximum Gasteiger partial charge on any atom is 0.232 e. The van der Waals surface area contributed by atoms with Gasteiger partial charge < -0.3 is 19.2 Å². The summed E-state index contributed by atoms with van der Waals surface area (Å²) in [7, 11) is -1.40. The predicted octanol–water partition coefficient (Wildman–Crippen LogP) is 3.25. The molecule has 0 spiro atoms. The van der Waals surface area contributed by atoms with Gasteiger partial charge in [0, 0.05) is 22.9 Å². The van der Waals surface area contributed by atoms with E-state index in [-0.39, 0.29) is 24.2 Å². The summed E-state index contributed by atoms with van der Waals surface area (Å²) in [4.78, 5) is 16.7. The first-order valence-electron chi connectivity index (χ1n) is 9.52. The van der Waals surface area contributed by atoms with Gasteiger partial charge >= 0.3 is 0 Å². The second-order valence-electron chi connectivity index (χ2n) is 7.03. The van der Waals surface area contributed by atoms with Crippen molar-refractivity contribution in [2.75, 3.05) is 12.5 Å². The molecule has 0 fully saturated rings. The average molecular weight is 426 g/mol. The molecule has 3 aromatic rings. The second kappa shape index (κ2) is 8.71. The number of nitrogens with one attached hydrogen (secondary N) is 1. The van der Waals surface area contributed by atoms with Crippen molar-refractivity contribution >= 4 is 16.7 Å². The van der Waals surface area contributed by atoms with Crippen LogP contribution in [0.3, 0.4) is 0 Å². The van der Waals surface area contributed by atoms with Crippen LogP contribution in [0.1, 0.15) is 22.6 Å². The minimum atomic E-state index is -1.40. The zero-order valence-electron chi connectivity index (χ0n) is 16.8. The first kappa shape index (κ1) is 20.2. The molecule has 7 nitrogen and oxygen atoms in total. The highest BCUT2D eigenvalue weighted by Crippen LogP contribution is 2.32. The molecule has 0 bridgehead atoms. The van der Waals surface area contributed by atoms with Crippen LogP contribution in [0.5, 0.6) is 11.5 Å². The summed E-state index contributed by atoms with van der Waals surface area (Å²) in [6.07, 6.45) is 0. The van der Waals surface area contributed by atoms with Crippen molar-refractivity contribution in [3.63, 3.8) is 0 Å². The topological polar surface area (TPSA) is 90.7 Å². The summed E-state index contributed by atoms with van der Waals surface area (Å²) in [5.74, 6) is 2.25. The molecule has 0 radical (unpaired) electrons. The van der Waals surface area contributed by atoms with Crippen LogP contribution in [0.25, 0.3) is 11.5 Å². The maximum atomic E-state index is 12.5. The van der Waals surface area contributed by atoms with E-state index in [4.69, 9.17) is 13.9 Å². The minimum absolute atomic E-state index is 0.101. The number of benzene rings is 2. The molecule has 2 heterocycles. The number of oxazole rings is 1. The van der Waals surface area contributed by atoms with E-state index in [1.54, 1.807) is 13.0 Å². The van der Waals surface area contributed by atoms with Crippen LogP contribution in [-0.2, 0) is 27.9 Å². The molecular formula is C22H22N2O5S. The van der Waals surface area contributed by atoms with Crippen molar-refractivity contribution < 1.29 is 22.9 Å². The van der Waals surface area contributed by atoms with E-state index in [0.29, 0.717) is 35.4 Å². The van der Waals surface area contributed by atoms with Gasteiger partial charge in [0.05, 0.1) is 11.4 Å². The number of nitrogens with zero attached hydrogens (tertiary/aromatic N) is 1. The first-order valence-corrected chi connectivity index (χ1v) is 11.0. The Balaban J connectivity index is 1.32. The number of aryl methyl sites for hydroxylation is 2. The van der Waals surface area contributed by atoms with Crippen LogP contribution in [0.2, 0.25) is 0 Å². The molecular weight excluding hydrogens is 404 g/mol. The minimum Gasteiger partial charge on any atom is -0.454 e. The highest BCUT2D eigenvalue weighted by atomic mass is 32.2. The molecule has 0 saturated carbocycles. The van der Waals surface area contributed by atoms with Gasteiger partial charge in [-0.3, -0.25) is 9.00 Å². The number of aromatic nitrogens is 1. The van der Waals surface area contributed by atoms with Crippen molar-refractivity contribution in [3.8, 4) is 23.0 Å². The maximum absolute atomic E-state index is 12.5. The summed E-state index contributed by atoms with van der Waals surface area (Å²) in [5.41, 5.74) is 3.44. The molecule has 1 aromatic heterocycles. The number of hydrogen-bond donors (Lipinski definition) is 1. The lowest BCUT2D eigenvalue weighted by atomic mass is 10.1. The zero-order valence-corrected chi connectivity index (χ0v) is 17.6. The summed E-state index contributed by atoms with van der Waals surface area (Å²) >= 11 is 0. The van der Waals surface area contributed by atoms with Gasteiger partial charge in [-0.05, 0) is 43.2 Å².